The Bertz CT molecular complexity index is 691. The Labute approximate surface area is 116 Å². The Balaban J connectivity index is 1.47. The van der Waals surface area contributed by atoms with E-state index in [-0.39, 0.29) is 0 Å². The molecule has 0 atom stereocenters. The first-order valence-corrected chi connectivity index (χ1v) is 6.93. The van der Waals surface area contributed by atoms with E-state index in [4.69, 9.17) is 0 Å². The molecule has 2 aromatic heterocycles. The van der Waals surface area contributed by atoms with Crippen molar-refractivity contribution in [2.75, 3.05) is 0 Å². The van der Waals surface area contributed by atoms with Gasteiger partial charge in [0.15, 0.2) is 0 Å². The van der Waals surface area contributed by atoms with Crippen LogP contribution in [0.25, 0.3) is 11.0 Å². The van der Waals surface area contributed by atoms with Gasteiger partial charge < -0.3 is 10.3 Å². The third-order valence-electron chi connectivity index (χ3n) is 3.49. The van der Waals surface area contributed by atoms with Gasteiger partial charge >= 0.3 is 0 Å². The van der Waals surface area contributed by atoms with Crippen molar-refractivity contribution in [3.63, 3.8) is 0 Å². The molecule has 3 aromatic rings. The van der Waals surface area contributed by atoms with E-state index in [1.165, 1.54) is 12.8 Å². The standard InChI is InChI=1S/C14H16N6/c1-2-4-13-12(3-1)16-14(17-13)9-20-8-11(18-19-20)7-15-10-5-6-10/h1-4,8,10,15H,5-7,9H2,(H,16,17). The van der Waals surface area contributed by atoms with Crippen molar-refractivity contribution >= 4 is 11.0 Å². The molecule has 0 aliphatic heterocycles. The third-order valence-corrected chi connectivity index (χ3v) is 3.49. The molecule has 1 saturated carbocycles. The van der Waals surface area contributed by atoms with Gasteiger partial charge in [-0.25, -0.2) is 9.67 Å². The van der Waals surface area contributed by atoms with Gasteiger partial charge in [0.25, 0.3) is 0 Å². The predicted octanol–water partition coefficient (Wildman–Crippen LogP) is 1.45. The second kappa shape index (κ2) is 4.72. The number of aromatic amines is 1. The van der Waals surface area contributed by atoms with Crippen LogP contribution < -0.4 is 5.32 Å². The molecule has 0 amide bonds. The number of nitrogens with zero attached hydrogens (tertiary/aromatic N) is 4. The van der Waals surface area contributed by atoms with Gasteiger partial charge in [-0.2, -0.15) is 0 Å². The molecule has 4 rings (SSSR count). The molecule has 2 heterocycles. The number of fused-ring (bicyclic) bond motifs is 1. The summed E-state index contributed by atoms with van der Waals surface area (Å²) in [6, 6.07) is 8.71. The summed E-state index contributed by atoms with van der Waals surface area (Å²) in [6.07, 6.45) is 4.54. The Morgan fingerprint density at radius 2 is 2.20 bits per heavy atom. The van der Waals surface area contributed by atoms with E-state index >= 15 is 0 Å². The highest BCUT2D eigenvalue weighted by Crippen LogP contribution is 2.19. The van der Waals surface area contributed by atoms with Gasteiger partial charge in [-0.3, -0.25) is 0 Å². The number of rotatable bonds is 5. The molecule has 0 spiro atoms. The molecule has 102 valence electrons. The summed E-state index contributed by atoms with van der Waals surface area (Å²) in [7, 11) is 0. The molecule has 0 saturated heterocycles. The minimum Gasteiger partial charge on any atom is -0.340 e. The number of hydrogen-bond acceptors (Lipinski definition) is 4. The molecule has 1 aromatic carbocycles. The summed E-state index contributed by atoms with van der Waals surface area (Å²) in [5.74, 6) is 0.901. The van der Waals surface area contributed by atoms with Crippen molar-refractivity contribution in [1.82, 2.24) is 30.3 Å². The smallest absolute Gasteiger partial charge is 0.129 e. The third kappa shape index (κ3) is 2.42. The minimum atomic E-state index is 0.616. The zero-order chi connectivity index (χ0) is 13.4. The van der Waals surface area contributed by atoms with Crippen molar-refractivity contribution in [3.8, 4) is 0 Å². The van der Waals surface area contributed by atoms with Crippen LogP contribution in [0.4, 0.5) is 0 Å². The Kier molecular flexibility index (Phi) is 2.74. The second-order valence-corrected chi connectivity index (χ2v) is 5.26. The van der Waals surface area contributed by atoms with E-state index in [2.05, 4.69) is 25.6 Å². The average Bonchev–Trinajstić information content (AvgIpc) is 3.04. The van der Waals surface area contributed by atoms with Gasteiger partial charge in [0.2, 0.25) is 0 Å². The maximum Gasteiger partial charge on any atom is 0.129 e. The lowest BCUT2D eigenvalue weighted by molar-refractivity contribution is 0.629. The first kappa shape index (κ1) is 11.6. The maximum atomic E-state index is 4.54. The number of hydrogen-bond donors (Lipinski definition) is 2. The fourth-order valence-corrected chi connectivity index (χ4v) is 2.27. The Hall–Kier alpha value is -2.21. The topological polar surface area (TPSA) is 71.4 Å². The highest BCUT2D eigenvalue weighted by molar-refractivity contribution is 5.74. The summed E-state index contributed by atoms with van der Waals surface area (Å²) >= 11 is 0. The van der Waals surface area contributed by atoms with Crippen LogP contribution in [0.3, 0.4) is 0 Å². The largest absolute Gasteiger partial charge is 0.340 e. The van der Waals surface area contributed by atoms with Gasteiger partial charge in [-0.1, -0.05) is 17.3 Å². The number of benzene rings is 1. The quantitative estimate of drug-likeness (QED) is 0.735. The highest BCUT2D eigenvalue weighted by Gasteiger charge is 2.20. The van der Waals surface area contributed by atoms with Crippen LogP contribution in [0, 0.1) is 0 Å². The average molecular weight is 268 g/mol. The van der Waals surface area contributed by atoms with Crippen molar-refractivity contribution < 1.29 is 0 Å². The van der Waals surface area contributed by atoms with Gasteiger partial charge in [0.1, 0.15) is 12.4 Å². The van der Waals surface area contributed by atoms with Crippen molar-refractivity contribution in [3.05, 3.63) is 42.0 Å². The second-order valence-electron chi connectivity index (χ2n) is 5.26. The summed E-state index contributed by atoms with van der Waals surface area (Å²) in [5, 5.41) is 11.8. The van der Waals surface area contributed by atoms with Gasteiger partial charge in [-0.05, 0) is 25.0 Å². The van der Waals surface area contributed by atoms with Crippen LogP contribution in [-0.4, -0.2) is 31.0 Å². The lowest BCUT2D eigenvalue weighted by Crippen LogP contribution is -2.15. The monoisotopic (exact) mass is 268 g/mol. The Morgan fingerprint density at radius 1 is 1.30 bits per heavy atom. The van der Waals surface area contributed by atoms with E-state index in [0.717, 1.165) is 29.1 Å². The fourth-order valence-electron chi connectivity index (χ4n) is 2.27. The minimum absolute atomic E-state index is 0.616. The van der Waals surface area contributed by atoms with Crippen LogP contribution in [0.15, 0.2) is 30.5 Å². The van der Waals surface area contributed by atoms with E-state index in [1.54, 1.807) is 0 Å². The molecule has 1 aliphatic carbocycles. The molecular weight excluding hydrogens is 252 g/mol. The van der Waals surface area contributed by atoms with Gasteiger partial charge in [-0.15, -0.1) is 5.10 Å². The number of aromatic nitrogens is 5. The van der Waals surface area contributed by atoms with E-state index < -0.39 is 0 Å². The molecule has 1 aliphatic rings. The van der Waals surface area contributed by atoms with Gasteiger partial charge in [0, 0.05) is 12.6 Å². The molecule has 1 fully saturated rings. The molecule has 6 heteroatoms. The normalized spacial score (nSPS) is 15.0. The highest BCUT2D eigenvalue weighted by atomic mass is 15.4. The number of para-hydroxylation sites is 2. The lowest BCUT2D eigenvalue weighted by atomic mass is 10.3. The van der Waals surface area contributed by atoms with Crippen LogP contribution in [0.5, 0.6) is 0 Å². The van der Waals surface area contributed by atoms with E-state index in [1.807, 2.05) is 35.1 Å². The lowest BCUT2D eigenvalue weighted by Gasteiger charge is -1.97. The maximum absolute atomic E-state index is 4.54. The van der Waals surface area contributed by atoms with E-state index in [9.17, 15) is 0 Å². The molecule has 0 radical (unpaired) electrons. The zero-order valence-electron chi connectivity index (χ0n) is 11.1. The summed E-state index contributed by atoms with van der Waals surface area (Å²) in [4.78, 5) is 7.84. The fraction of sp³-hybridized carbons (Fsp3) is 0.357. The molecule has 20 heavy (non-hydrogen) atoms. The molecule has 2 N–H and O–H groups in total. The van der Waals surface area contributed by atoms with Crippen molar-refractivity contribution in [2.45, 2.75) is 32.0 Å². The summed E-state index contributed by atoms with van der Waals surface area (Å²) in [6.45, 7) is 1.41. The zero-order valence-corrected chi connectivity index (χ0v) is 11.1. The summed E-state index contributed by atoms with van der Waals surface area (Å²) in [5.41, 5.74) is 3.02. The molecule has 0 bridgehead atoms. The molecular formula is C14H16N6. The van der Waals surface area contributed by atoms with Gasteiger partial charge in [0.05, 0.1) is 22.9 Å². The Morgan fingerprint density at radius 3 is 3.05 bits per heavy atom. The van der Waals surface area contributed by atoms with Crippen molar-refractivity contribution in [2.24, 2.45) is 0 Å². The predicted molar refractivity (Wildman–Crippen MR) is 75.1 cm³/mol. The van der Waals surface area contributed by atoms with Crippen LogP contribution >= 0.6 is 0 Å². The molecule has 6 nitrogen and oxygen atoms in total. The SMILES string of the molecule is c1ccc2[nH]c(Cn3cc(CNC4CC4)nn3)nc2c1. The first-order valence-electron chi connectivity index (χ1n) is 6.93. The van der Waals surface area contributed by atoms with Crippen molar-refractivity contribution in [1.29, 1.82) is 0 Å². The van der Waals surface area contributed by atoms with Crippen LogP contribution in [0.1, 0.15) is 24.4 Å². The number of nitrogens with one attached hydrogen (secondary N) is 2. The first-order chi connectivity index (χ1) is 9.87. The number of H-pyrrole nitrogens is 1. The van der Waals surface area contributed by atoms with Crippen LogP contribution in [-0.2, 0) is 13.1 Å². The van der Waals surface area contributed by atoms with Crippen LogP contribution in [0.2, 0.25) is 0 Å². The molecule has 0 unspecified atom stereocenters. The van der Waals surface area contributed by atoms with E-state index in [0.29, 0.717) is 12.6 Å². The summed E-state index contributed by atoms with van der Waals surface area (Å²) < 4.78 is 1.82. The number of imidazole rings is 1.